The molecule has 1 aromatic heterocycles. The molecule has 0 aliphatic rings. The minimum absolute atomic E-state index is 0.0359. The summed E-state index contributed by atoms with van der Waals surface area (Å²) in [7, 11) is 4.54. The molecular weight excluding hydrogens is 286 g/mol. The van der Waals surface area contributed by atoms with Crippen LogP contribution in [-0.4, -0.2) is 21.3 Å². The highest BCUT2D eigenvalue weighted by Gasteiger charge is 2.16. The SMILES string of the molecule is COc1cc(-c2ccc(C(F)F)s2)cc(OC)c1OC. The molecule has 2 aromatic rings. The number of benzene rings is 1. The average molecular weight is 300 g/mol. The van der Waals surface area contributed by atoms with Crippen molar-refractivity contribution in [3.8, 4) is 27.7 Å². The Morgan fingerprint density at radius 2 is 1.55 bits per heavy atom. The largest absolute Gasteiger partial charge is 0.493 e. The molecule has 3 nitrogen and oxygen atoms in total. The van der Waals surface area contributed by atoms with Gasteiger partial charge in [0.25, 0.3) is 6.43 Å². The third kappa shape index (κ3) is 2.70. The number of methoxy groups -OCH3 is 3. The summed E-state index contributed by atoms with van der Waals surface area (Å²) in [4.78, 5) is 0.758. The highest BCUT2D eigenvalue weighted by molar-refractivity contribution is 7.15. The van der Waals surface area contributed by atoms with E-state index in [2.05, 4.69) is 0 Å². The van der Waals surface area contributed by atoms with E-state index in [4.69, 9.17) is 14.2 Å². The predicted octanol–water partition coefficient (Wildman–Crippen LogP) is 4.38. The second-order valence-electron chi connectivity index (χ2n) is 3.92. The van der Waals surface area contributed by atoms with Crippen LogP contribution in [0.2, 0.25) is 0 Å². The van der Waals surface area contributed by atoms with Crippen molar-refractivity contribution >= 4 is 11.3 Å². The van der Waals surface area contributed by atoms with Crippen molar-refractivity contribution < 1.29 is 23.0 Å². The van der Waals surface area contributed by atoms with Crippen molar-refractivity contribution in [1.29, 1.82) is 0 Å². The Hall–Kier alpha value is -1.82. The van der Waals surface area contributed by atoms with Gasteiger partial charge in [0.1, 0.15) is 0 Å². The standard InChI is InChI=1S/C14H14F2O3S/c1-17-9-6-8(7-10(18-2)13(9)19-3)11-4-5-12(20-11)14(15)16/h4-7,14H,1-3H3. The van der Waals surface area contributed by atoms with E-state index in [1.165, 1.54) is 27.4 Å². The summed E-state index contributed by atoms with van der Waals surface area (Å²) >= 11 is 1.04. The molecule has 0 saturated carbocycles. The minimum atomic E-state index is -2.46. The van der Waals surface area contributed by atoms with Crippen LogP contribution < -0.4 is 14.2 Å². The molecule has 20 heavy (non-hydrogen) atoms. The normalized spacial score (nSPS) is 10.7. The van der Waals surface area contributed by atoms with Gasteiger partial charge < -0.3 is 14.2 Å². The molecule has 0 atom stereocenters. The first kappa shape index (κ1) is 14.6. The van der Waals surface area contributed by atoms with Crippen LogP contribution in [0.4, 0.5) is 8.78 Å². The number of hydrogen-bond acceptors (Lipinski definition) is 4. The van der Waals surface area contributed by atoms with Crippen molar-refractivity contribution in [2.24, 2.45) is 0 Å². The summed E-state index contributed by atoms with van der Waals surface area (Å²) in [5, 5.41) is 0. The summed E-state index contributed by atoms with van der Waals surface area (Å²) in [6.07, 6.45) is -2.46. The van der Waals surface area contributed by atoms with Crippen LogP contribution in [0.15, 0.2) is 24.3 Å². The Kier molecular flexibility index (Phi) is 4.44. The van der Waals surface area contributed by atoms with Gasteiger partial charge in [0.2, 0.25) is 5.75 Å². The maximum atomic E-state index is 12.6. The van der Waals surface area contributed by atoms with Crippen LogP contribution in [0.25, 0.3) is 10.4 Å². The lowest BCUT2D eigenvalue weighted by atomic mass is 10.1. The smallest absolute Gasteiger partial charge is 0.272 e. The van der Waals surface area contributed by atoms with E-state index in [0.717, 1.165) is 21.8 Å². The molecule has 0 radical (unpaired) electrons. The Morgan fingerprint density at radius 3 is 1.95 bits per heavy atom. The van der Waals surface area contributed by atoms with E-state index in [0.29, 0.717) is 17.2 Å². The van der Waals surface area contributed by atoms with Crippen molar-refractivity contribution in [2.45, 2.75) is 6.43 Å². The van der Waals surface area contributed by atoms with E-state index < -0.39 is 6.43 Å². The number of rotatable bonds is 5. The monoisotopic (exact) mass is 300 g/mol. The van der Waals surface area contributed by atoms with Crippen LogP contribution in [0, 0.1) is 0 Å². The van der Waals surface area contributed by atoms with E-state index in [1.54, 1.807) is 18.2 Å². The Balaban J connectivity index is 2.50. The summed E-state index contributed by atoms with van der Waals surface area (Å²) < 4.78 is 41.0. The molecule has 6 heteroatoms. The molecule has 0 unspecified atom stereocenters. The molecule has 0 spiro atoms. The van der Waals surface area contributed by atoms with Crippen molar-refractivity contribution in [2.75, 3.05) is 21.3 Å². The summed E-state index contributed by atoms with van der Waals surface area (Å²) in [5.41, 5.74) is 0.747. The molecule has 0 amide bonds. The lowest BCUT2D eigenvalue weighted by molar-refractivity contribution is 0.155. The molecule has 108 valence electrons. The summed E-state index contributed by atoms with van der Waals surface area (Å²) in [6, 6.07) is 6.56. The van der Waals surface area contributed by atoms with Gasteiger partial charge >= 0.3 is 0 Å². The molecule has 0 N–H and O–H groups in total. The zero-order valence-electron chi connectivity index (χ0n) is 11.3. The van der Waals surface area contributed by atoms with Gasteiger partial charge in [-0.25, -0.2) is 8.78 Å². The van der Waals surface area contributed by atoms with Crippen molar-refractivity contribution in [3.63, 3.8) is 0 Å². The minimum Gasteiger partial charge on any atom is -0.493 e. The fourth-order valence-electron chi connectivity index (χ4n) is 1.85. The Labute approximate surface area is 119 Å². The van der Waals surface area contributed by atoms with Gasteiger partial charge in [-0.2, -0.15) is 0 Å². The zero-order valence-corrected chi connectivity index (χ0v) is 12.1. The zero-order chi connectivity index (χ0) is 14.7. The van der Waals surface area contributed by atoms with Crippen molar-refractivity contribution in [1.82, 2.24) is 0 Å². The van der Waals surface area contributed by atoms with Gasteiger partial charge in [0.05, 0.1) is 26.2 Å². The fraction of sp³-hybridized carbons (Fsp3) is 0.286. The average Bonchev–Trinajstić information content (AvgIpc) is 2.95. The quantitative estimate of drug-likeness (QED) is 0.820. The van der Waals surface area contributed by atoms with Gasteiger partial charge in [-0.3, -0.25) is 0 Å². The molecular formula is C14H14F2O3S. The number of halogens is 2. The van der Waals surface area contributed by atoms with Crippen LogP contribution >= 0.6 is 11.3 Å². The summed E-state index contributed by atoms with van der Waals surface area (Å²) in [5.74, 6) is 1.46. The van der Waals surface area contributed by atoms with E-state index in [1.807, 2.05) is 0 Å². The highest BCUT2D eigenvalue weighted by atomic mass is 32.1. The number of ether oxygens (including phenoxy) is 3. The number of thiophene rings is 1. The van der Waals surface area contributed by atoms with Gasteiger partial charge in [-0.1, -0.05) is 0 Å². The lowest BCUT2D eigenvalue weighted by Gasteiger charge is -2.13. The first-order valence-corrected chi connectivity index (χ1v) is 6.60. The molecule has 0 fully saturated rings. The van der Waals surface area contributed by atoms with Gasteiger partial charge in [0, 0.05) is 4.88 Å². The molecule has 1 aromatic carbocycles. The van der Waals surface area contributed by atoms with Gasteiger partial charge in [-0.15, -0.1) is 11.3 Å². The molecule has 0 bridgehead atoms. The second kappa shape index (κ2) is 6.09. The molecule has 0 aliphatic heterocycles. The van der Waals surface area contributed by atoms with Gasteiger partial charge in [-0.05, 0) is 29.8 Å². The predicted molar refractivity (Wildman–Crippen MR) is 74.4 cm³/mol. The third-order valence-electron chi connectivity index (χ3n) is 2.79. The van der Waals surface area contributed by atoms with E-state index in [9.17, 15) is 8.78 Å². The number of hydrogen-bond donors (Lipinski definition) is 0. The third-order valence-corrected chi connectivity index (χ3v) is 3.93. The maximum Gasteiger partial charge on any atom is 0.272 e. The Bertz CT molecular complexity index is 571. The van der Waals surface area contributed by atoms with Crippen LogP contribution in [0.5, 0.6) is 17.2 Å². The highest BCUT2D eigenvalue weighted by Crippen LogP contribution is 2.43. The van der Waals surface area contributed by atoms with Crippen molar-refractivity contribution in [3.05, 3.63) is 29.1 Å². The molecule has 2 rings (SSSR count). The molecule has 1 heterocycles. The first-order valence-electron chi connectivity index (χ1n) is 5.79. The fourth-order valence-corrected chi connectivity index (χ4v) is 2.70. The van der Waals surface area contributed by atoms with Crippen LogP contribution in [0.3, 0.4) is 0 Å². The van der Waals surface area contributed by atoms with E-state index in [-0.39, 0.29) is 4.88 Å². The second-order valence-corrected chi connectivity index (χ2v) is 5.03. The lowest BCUT2D eigenvalue weighted by Crippen LogP contribution is -1.95. The summed E-state index contributed by atoms with van der Waals surface area (Å²) in [6.45, 7) is 0. The van der Waals surface area contributed by atoms with Crippen LogP contribution in [0.1, 0.15) is 11.3 Å². The Morgan fingerprint density at radius 1 is 0.950 bits per heavy atom. The molecule has 0 saturated heterocycles. The van der Waals surface area contributed by atoms with E-state index >= 15 is 0 Å². The topological polar surface area (TPSA) is 27.7 Å². The first-order chi connectivity index (χ1) is 9.60. The number of alkyl halides is 2. The van der Waals surface area contributed by atoms with Gasteiger partial charge in [0.15, 0.2) is 11.5 Å². The van der Waals surface area contributed by atoms with Crippen LogP contribution in [-0.2, 0) is 0 Å². The molecule has 0 aliphatic carbocycles. The maximum absolute atomic E-state index is 12.6.